The van der Waals surface area contributed by atoms with Gasteiger partial charge in [-0.05, 0) is 36.6 Å². The predicted molar refractivity (Wildman–Crippen MR) is 50.0 cm³/mol. The molecule has 12 heavy (non-hydrogen) atoms. The Bertz CT molecular complexity index is 247. The van der Waals surface area contributed by atoms with Crippen molar-refractivity contribution in [3.8, 4) is 5.75 Å². The third kappa shape index (κ3) is 2.55. The number of aromatic hydroxyl groups is 1. The first-order valence-electron chi connectivity index (χ1n) is 4.20. The first kappa shape index (κ1) is 9.07. The molecule has 2 nitrogen and oxygen atoms in total. The molecule has 0 aliphatic heterocycles. The van der Waals surface area contributed by atoms with Crippen LogP contribution in [0.3, 0.4) is 0 Å². The highest BCUT2D eigenvalue weighted by atomic mass is 16.3. The summed E-state index contributed by atoms with van der Waals surface area (Å²) >= 11 is 0. The van der Waals surface area contributed by atoms with Crippen LogP contribution in [-0.2, 0) is 6.42 Å². The van der Waals surface area contributed by atoms with E-state index in [9.17, 15) is 0 Å². The molecule has 1 rings (SSSR count). The SMILES string of the molecule is CC(CN)Cc1cccc(O)c1. The van der Waals surface area contributed by atoms with Crippen molar-refractivity contribution in [1.82, 2.24) is 0 Å². The van der Waals surface area contributed by atoms with Gasteiger partial charge >= 0.3 is 0 Å². The van der Waals surface area contributed by atoms with Gasteiger partial charge in [-0.3, -0.25) is 0 Å². The summed E-state index contributed by atoms with van der Waals surface area (Å²) in [6.07, 6.45) is 0.935. The molecule has 0 saturated carbocycles. The molecule has 1 atom stereocenters. The third-order valence-electron chi connectivity index (χ3n) is 1.90. The van der Waals surface area contributed by atoms with Crippen molar-refractivity contribution in [2.24, 2.45) is 11.7 Å². The Hall–Kier alpha value is -1.02. The quantitative estimate of drug-likeness (QED) is 0.713. The van der Waals surface area contributed by atoms with Gasteiger partial charge in [-0.2, -0.15) is 0 Å². The molecule has 0 amide bonds. The molecule has 0 aliphatic rings. The first-order valence-corrected chi connectivity index (χ1v) is 4.20. The zero-order valence-electron chi connectivity index (χ0n) is 7.33. The van der Waals surface area contributed by atoms with E-state index < -0.39 is 0 Å². The molecular formula is C10H15NO. The van der Waals surface area contributed by atoms with E-state index in [0.717, 1.165) is 12.0 Å². The van der Waals surface area contributed by atoms with Crippen LogP contribution in [0.15, 0.2) is 24.3 Å². The van der Waals surface area contributed by atoms with Gasteiger partial charge in [0.05, 0.1) is 0 Å². The van der Waals surface area contributed by atoms with Gasteiger partial charge in [0.2, 0.25) is 0 Å². The number of nitrogens with two attached hydrogens (primary N) is 1. The molecule has 0 bridgehead atoms. The van der Waals surface area contributed by atoms with Crippen LogP contribution in [0.1, 0.15) is 12.5 Å². The van der Waals surface area contributed by atoms with Gasteiger partial charge in [0.1, 0.15) is 5.75 Å². The van der Waals surface area contributed by atoms with Crippen LogP contribution in [0.4, 0.5) is 0 Å². The van der Waals surface area contributed by atoms with Crippen LogP contribution >= 0.6 is 0 Å². The van der Waals surface area contributed by atoms with Crippen molar-refractivity contribution < 1.29 is 5.11 Å². The van der Waals surface area contributed by atoms with Crippen molar-refractivity contribution in [2.45, 2.75) is 13.3 Å². The minimum atomic E-state index is 0.330. The van der Waals surface area contributed by atoms with Gasteiger partial charge in [0.25, 0.3) is 0 Å². The van der Waals surface area contributed by atoms with Crippen molar-refractivity contribution in [1.29, 1.82) is 0 Å². The summed E-state index contributed by atoms with van der Waals surface area (Å²) in [4.78, 5) is 0. The molecule has 0 saturated heterocycles. The Morgan fingerprint density at radius 1 is 1.50 bits per heavy atom. The Labute approximate surface area is 73.0 Å². The van der Waals surface area contributed by atoms with Crippen LogP contribution in [0.5, 0.6) is 5.75 Å². The zero-order chi connectivity index (χ0) is 8.97. The highest BCUT2D eigenvalue weighted by Crippen LogP contribution is 2.13. The summed E-state index contributed by atoms with van der Waals surface area (Å²) in [5, 5.41) is 9.17. The summed E-state index contributed by atoms with van der Waals surface area (Å²) in [6, 6.07) is 7.32. The molecule has 1 unspecified atom stereocenters. The molecule has 0 aliphatic carbocycles. The highest BCUT2D eigenvalue weighted by molar-refractivity contribution is 5.27. The Morgan fingerprint density at radius 3 is 2.83 bits per heavy atom. The Kier molecular flexibility index (Phi) is 3.11. The normalized spacial score (nSPS) is 12.8. The monoisotopic (exact) mass is 165 g/mol. The van der Waals surface area contributed by atoms with Gasteiger partial charge in [-0.15, -0.1) is 0 Å². The lowest BCUT2D eigenvalue weighted by atomic mass is 10.0. The second-order valence-electron chi connectivity index (χ2n) is 3.21. The second-order valence-corrected chi connectivity index (χ2v) is 3.21. The summed E-state index contributed by atoms with van der Waals surface area (Å²) < 4.78 is 0. The highest BCUT2D eigenvalue weighted by Gasteiger charge is 2.00. The predicted octanol–water partition coefficient (Wildman–Crippen LogP) is 1.53. The van der Waals surface area contributed by atoms with Crippen molar-refractivity contribution in [2.75, 3.05) is 6.54 Å². The van der Waals surface area contributed by atoms with Crippen LogP contribution in [0.25, 0.3) is 0 Å². The summed E-state index contributed by atoms with van der Waals surface area (Å²) in [7, 11) is 0. The molecule has 0 spiro atoms. The van der Waals surface area contributed by atoms with E-state index in [0.29, 0.717) is 18.2 Å². The Balaban J connectivity index is 2.63. The average molecular weight is 165 g/mol. The van der Waals surface area contributed by atoms with E-state index in [-0.39, 0.29) is 0 Å². The van der Waals surface area contributed by atoms with Crippen molar-refractivity contribution in [3.05, 3.63) is 29.8 Å². The van der Waals surface area contributed by atoms with Gasteiger partial charge < -0.3 is 10.8 Å². The number of rotatable bonds is 3. The van der Waals surface area contributed by atoms with Gasteiger partial charge in [-0.25, -0.2) is 0 Å². The van der Waals surface area contributed by atoms with E-state index in [1.165, 1.54) is 0 Å². The smallest absolute Gasteiger partial charge is 0.115 e. The maximum atomic E-state index is 9.17. The lowest BCUT2D eigenvalue weighted by Crippen LogP contribution is -2.12. The summed E-state index contributed by atoms with van der Waals surface area (Å²) in [6.45, 7) is 2.79. The minimum Gasteiger partial charge on any atom is -0.508 e. The minimum absolute atomic E-state index is 0.330. The van der Waals surface area contributed by atoms with Crippen LogP contribution in [0.2, 0.25) is 0 Å². The van der Waals surface area contributed by atoms with E-state index in [1.807, 2.05) is 12.1 Å². The molecular weight excluding hydrogens is 150 g/mol. The number of hydrogen-bond acceptors (Lipinski definition) is 2. The third-order valence-corrected chi connectivity index (χ3v) is 1.90. The molecule has 2 heteroatoms. The fraction of sp³-hybridized carbons (Fsp3) is 0.400. The lowest BCUT2D eigenvalue weighted by Gasteiger charge is -2.07. The first-order chi connectivity index (χ1) is 5.72. The fourth-order valence-electron chi connectivity index (χ4n) is 1.17. The Morgan fingerprint density at radius 2 is 2.25 bits per heavy atom. The number of hydrogen-bond donors (Lipinski definition) is 2. The second kappa shape index (κ2) is 4.12. The summed E-state index contributed by atoms with van der Waals surface area (Å²) in [5.41, 5.74) is 6.64. The van der Waals surface area contributed by atoms with Crippen molar-refractivity contribution in [3.63, 3.8) is 0 Å². The lowest BCUT2D eigenvalue weighted by molar-refractivity contribution is 0.473. The van der Waals surface area contributed by atoms with E-state index >= 15 is 0 Å². The molecule has 0 fully saturated rings. The maximum absolute atomic E-state index is 9.17. The van der Waals surface area contributed by atoms with Crippen LogP contribution in [0, 0.1) is 5.92 Å². The van der Waals surface area contributed by atoms with Crippen LogP contribution < -0.4 is 5.73 Å². The molecule has 0 aromatic heterocycles. The average Bonchev–Trinajstić information content (AvgIpc) is 2.04. The molecule has 0 heterocycles. The van der Waals surface area contributed by atoms with E-state index in [2.05, 4.69) is 6.92 Å². The van der Waals surface area contributed by atoms with Crippen molar-refractivity contribution >= 4 is 0 Å². The van der Waals surface area contributed by atoms with E-state index in [4.69, 9.17) is 10.8 Å². The molecule has 66 valence electrons. The number of phenolic OH excluding ortho intramolecular Hbond substituents is 1. The maximum Gasteiger partial charge on any atom is 0.115 e. The molecule has 1 aromatic carbocycles. The molecule has 0 radical (unpaired) electrons. The van der Waals surface area contributed by atoms with Gasteiger partial charge in [0, 0.05) is 0 Å². The van der Waals surface area contributed by atoms with Gasteiger partial charge in [0.15, 0.2) is 0 Å². The van der Waals surface area contributed by atoms with E-state index in [1.54, 1.807) is 12.1 Å². The topological polar surface area (TPSA) is 46.2 Å². The fourth-order valence-corrected chi connectivity index (χ4v) is 1.17. The standard InChI is InChI=1S/C10H15NO/c1-8(7-11)5-9-3-2-4-10(12)6-9/h2-4,6,8,12H,5,7,11H2,1H3. The number of phenols is 1. The zero-order valence-corrected chi connectivity index (χ0v) is 7.33. The number of benzene rings is 1. The van der Waals surface area contributed by atoms with Gasteiger partial charge in [-0.1, -0.05) is 19.1 Å². The molecule has 1 aromatic rings. The molecule has 3 N–H and O–H groups in total. The largest absolute Gasteiger partial charge is 0.508 e. The summed E-state index contributed by atoms with van der Waals surface area (Å²) in [5.74, 6) is 0.809. The van der Waals surface area contributed by atoms with Crippen LogP contribution in [-0.4, -0.2) is 11.7 Å².